The number of benzene rings is 1. The number of rotatable bonds is 11. The van der Waals surface area contributed by atoms with Crippen LogP contribution in [0, 0.1) is 0 Å². The van der Waals surface area contributed by atoms with E-state index >= 15 is 0 Å². The Labute approximate surface area is 140 Å². The molecule has 0 bridgehead atoms. The monoisotopic (exact) mass is 329 g/mol. The minimum atomic E-state index is 0. The lowest BCUT2D eigenvalue weighted by Crippen LogP contribution is -2.19. The Morgan fingerprint density at radius 2 is 1.82 bits per heavy atom. The van der Waals surface area contributed by atoms with Gasteiger partial charge in [-0.1, -0.05) is 13.3 Å². The zero-order valence-electron chi connectivity index (χ0n) is 13.8. The summed E-state index contributed by atoms with van der Waals surface area (Å²) in [5.41, 5.74) is 0.637. The fourth-order valence-electron chi connectivity index (χ4n) is 2.03. The van der Waals surface area contributed by atoms with E-state index < -0.39 is 0 Å². The first-order valence-corrected chi connectivity index (χ1v) is 7.86. The number of hydrogen-bond donors (Lipinski definition) is 1. The smallest absolute Gasteiger partial charge is 0.167 e. The minimum Gasteiger partial charge on any atom is -0.494 e. The first kappa shape index (κ1) is 20.7. The molecular weight excluding hydrogens is 302 g/mol. The molecule has 0 radical (unpaired) electrons. The van der Waals surface area contributed by atoms with Crippen molar-refractivity contribution in [2.24, 2.45) is 0 Å². The van der Waals surface area contributed by atoms with E-state index in [4.69, 9.17) is 9.47 Å². The Morgan fingerprint density at radius 3 is 2.45 bits per heavy atom. The molecule has 0 heterocycles. The highest BCUT2D eigenvalue weighted by Crippen LogP contribution is 2.26. The van der Waals surface area contributed by atoms with Gasteiger partial charge in [0, 0.05) is 19.0 Å². The maximum atomic E-state index is 12.3. The summed E-state index contributed by atoms with van der Waals surface area (Å²) >= 11 is 0. The molecule has 0 atom stereocenters. The zero-order chi connectivity index (χ0) is 15.5. The molecule has 4 nitrogen and oxygen atoms in total. The number of carbonyl (C=O) groups excluding carboxylic acids is 1. The third-order valence-corrected chi connectivity index (χ3v) is 3.10. The van der Waals surface area contributed by atoms with Gasteiger partial charge in [0.25, 0.3) is 0 Å². The third-order valence-electron chi connectivity index (χ3n) is 3.10. The molecule has 0 aliphatic rings. The molecular formula is C17H28ClNO3. The van der Waals surface area contributed by atoms with Crippen LogP contribution in [0.2, 0.25) is 0 Å². The van der Waals surface area contributed by atoms with Gasteiger partial charge >= 0.3 is 0 Å². The first-order chi connectivity index (χ1) is 10.2. The quantitative estimate of drug-likeness (QED) is 0.494. The Morgan fingerprint density at radius 1 is 1.09 bits per heavy atom. The second-order valence-electron chi connectivity index (χ2n) is 4.80. The van der Waals surface area contributed by atoms with Crippen molar-refractivity contribution >= 4 is 18.2 Å². The highest BCUT2D eigenvalue weighted by atomic mass is 35.5. The van der Waals surface area contributed by atoms with Crippen molar-refractivity contribution in [3.05, 3.63) is 23.8 Å². The number of nitrogens with one attached hydrogen (secondary N) is 1. The largest absolute Gasteiger partial charge is 0.494 e. The van der Waals surface area contributed by atoms with E-state index in [1.165, 1.54) is 0 Å². The van der Waals surface area contributed by atoms with Crippen molar-refractivity contribution < 1.29 is 14.3 Å². The van der Waals surface area contributed by atoms with E-state index in [0.29, 0.717) is 37.5 Å². The van der Waals surface area contributed by atoms with Gasteiger partial charge in [-0.15, -0.1) is 12.4 Å². The average molecular weight is 330 g/mol. The Kier molecular flexibility index (Phi) is 11.6. The lowest BCUT2D eigenvalue weighted by atomic mass is 10.1. The predicted molar refractivity (Wildman–Crippen MR) is 92.8 cm³/mol. The van der Waals surface area contributed by atoms with E-state index in [1.807, 2.05) is 19.9 Å². The number of Topliss-reactive ketones (excluding diaryl/α,β-unsaturated/α-hetero) is 1. The molecule has 0 aromatic heterocycles. The lowest BCUT2D eigenvalue weighted by Gasteiger charge is -2.12. The first-order valence-electron chi connectivity index (χ1n) is 7.86. The fraction of sp³-hybridized carbons (Fsp3) is 0.588. The van der Waals surface area contributed by atoms with E-state index in [0.717, 1.165) is 25.1 Å². The molecule has 0 aliphatic carbocycles. The van der Waals surface area contributed by atoms with Crippen molar-refractivity contribution in [3.8, 4) is 11.5 Å². The van der Waals surface area contributed by atoms with Crippen LogP contribution in [-0.2, 0) is 0 Å². The molecule has 0 unspecified atom stereocenters. The number of unbranched alkanes of at least 4 members (excludes halogenated alkanes) is 1. The maximum absolute atomic E-state index is 12.3. The fourth-order valence-corrected chi connectivity index (χ4v) is 2.03. The van der Waals surface area contributed by atoms with E-state index in [1.54, 1.807) is 12.1 Å². The Bertz CT molecular complexity index is 438. The minimum absolute atomic E-state index is 0. The molecule has 22 heavy (non-hydrogen) atoms. The molecule has 0 amide bonds. The summed E-state index contributed by atoms with van der Waals surface area (Å²) in [6, 6.07) is 5.42. The van der Waals surface area contributed by atoms with Gasteiger partial charge in [0.15, 0.2) is 5.78 Å². The number of ketones is 1. The number of hydrogen-bond acceptors (Lipinski definition) is 4. The molecule has 0 saturated carbocycles. The standard InChI is InChI=1S/C17H27NO3.ClH/c1-4-7-11-18-12-10-16(19)15-9-8-14(20-5-2)13-17(15)21-6-3;/h8-9,13,18H,4-7,10-12H2,1-3H3;1H. The van der Waals surface area contributed by atoms with Crippen molar-refractivity contribution in [1.82, 2.24) is 5.32 Å². The topological polar surface area (TPSA) is 47.6 Å². The molecule has 1 rings (SSSR count). The highest BCUT2D eigenvalue weighted by molar-refractivity contribution is 5.99. The van der Waals surface area contributed by atoms with Crippen LogP contribution in [0.15, 0.2) is 18.2 Å². The van der Waals surface area contributed by atoms with Gasteiger partial charge in [0.05, 0.1) is 18.8 Å². The molecule has 0 spiro atoms. The van der Waals surface area contributed by atoms with Crippen LogP contribution in [0.25, 0.3) is 0 Å². The lowest BCUT2D eigenvalue weighted by molar-refractivity contribution is 0.0979. The van der Waals surface area contributed by atoms with Gasteiger partial charge < -0.3 is 14.8 Å². The summed E-state index contributed by atoms with van der Waals surface area (Å²) in [7, 11) is 0. The van der Waals surface area contributed by atoms with Gasteiger partial charge in [-0.3, -0.25) is 4.79 Å². The molecule has 1 aromatic carbocycles. The van der Waals surface area contributed by atoms with Gasteiger partial charge in [-0.05, 0) is 38.9 Å². The van der Waals surface area contributed by atoms with Crippen LogP contribution in [0.4, 0.5) is 0 Å². The zero-order valence-corrected chi connectivity index (χ0v) is 14.6. The molecule has 0 aliphatic heterocycles. The normalized spacial score (nSPS) is 9.95. The molecule has 1 aromatic rings. The van der Waals surface area contributed by atoms with Crippen LogP contribution in [0.3, 0.4) is 0 Å². The summed E-state index contributed by atoms with van der Waals surface area (Å²) in [4.78, 5) is 12.3. The molecule has 0 saturated heterocycles. The van der Waals surface area contributed by atoms with E-state index in [9.17, 15) is 4.79 Å². The predicted octanol–water partition coefficient (Wildman–Crippen LogP) is 3.87. The Balaban J connectivity index is 0.00000441. The molecule has 126 valence electrons. The maximum Gasteiger partial charge on any atom is 0.167 e. The molecule has 1 N–H and O–H groups in total. The van der Waals surface area contributed by atoms with E-state index in [2.05, 4.69) is 12.2 Å². The van der Waals surface area contributed by atoms with Gasteiger partial charge in [-0.2, -0.15) is 0 Å². The van der Waals surface area contributed by atoms with Crippen LogP contribution < -0.4 is 14.8 Å². The van der Waals surface area contributed by atoms with Crippen LogP contribution in [0.5, 0.6) is 11.5 Å². The summed E-state index contributed by atoms with van der Waals surface area (Å²) in [6.07, 6.45) is 2.79. The summed E-state index contributed by atoms with van der Waals surface area (Å²) < 4.78 is 11.0. The van der Waals surface area contributed by atoms with E-state index in [-0.39, 0.29) is 18.2 Å². The summed E-state index contributed by atoms with van der Waals surface area (Å²) in [5, 5.41) is 3.28. The average Bonchev–Trinajstić information content (AvgIpc) is 2.48. The molecule has 5 heteroatoms. The number of ether oxygens (including phenoxy) is 2. The molecule has 0 fully saturated rings. The second-order valence-corrected chi connectivity index (χ2v) is 4.80. The van der Waals surface area contributed by atoms with Crippen molar-refractivity contribution in [3.63, 3.8) is 0 Å². The third kappa shape index (κ3) is 7.14. The van der Waals surface area contributed by atoms with Gasteiger partial charge in [0.2, 0.25) is 0 Å². The number of halogens is 1. The summed E-state index contributed by atoms with van der Waals surface area (Å²) in [6.45, 7) is 8.80. The van der Waals surface area contributed by atoms with Gasteiger partial charge in [-0.25, -0.2) is 0 Å². The van der Waals surface area contributed by atoms with Crippen molar-refractivity contribution in [2.75, 3.05) is 26.3 Å². The van der Waals surface area contributed by atoms with Crippen molar-refractivity contribution in [1.29, 1.82) is 0 Å². The SMILES string of the molecule is CCCCNCCC(=O)c1ccc(OCC)cc1OCC.Cl. The van der Waals surface area contributed by atoms with Crippen LogP contribution in [-0.4, -0.2) is 32.1 Å². The highest BCUT2D eigenvalue weighted by Gasteiger charge is 2.13. The summed E-state index contributed by atoms with van der Waals surface area (Å²) in [5.74, 6) is 1.45. The van der Waals surface area contributed by atoms with Crippen LogP contribution >= 0.6 is 12.4 Å². The second kappa shape index (κ2) is 12.3. The van der Waals surface area contributed by atoms with Crippen LogP contribution in [0.1, 0.15) is 50.4 Å². The van der Waals surface area contributed by atoms with Gasteiger partial charge in [0.1, 0.15) is 11.5 Å². The number of carbonyl (C=O) groups is 1. The Hall–Kier alpha value is -1.26. The van der Waals surface area contributed by atoms with Crippen molar-refractivity contribution in [2.45, 2.75) is 40.0 Å².